The molecule has 0 fully saturated rings. The number of nitrogens with one attached hydrogen (secondary N) is 1. The maximum Gasteiger partial charge on any atom is 0.256 e. The van der Waals surface area contributed by atoms with Gasteiger partial charge in [0.1, 0.15) is 5.00 Å². The van der Waals surface area contributed by atoms with Gasteiger partial charge < -0.3 is 16.0 Å². The Bertz CT molecular complexity index is 1470. The van der Waals surface area contributed by atoms with Crippen LogP contribution in [0.2, 0.25) is 0 Å². The first kappa shape index (κ1) is 27.5. The highest BCUT2D eigenvalue weighted by Crippen LogP contribution is 2.37. The number of hydrogen-bond donors (Lipinski definition) is 2. The summed E-state index contributed by atoms with van der Waals surface area (Å²) in [6, 6.07) is 14.8. The van der Waals surface area contributed by atoms with Crippen molar-refractivity contribution in [1.29, 1.82) is 0 Å². The minimum Gasteiger partial charge on any atom is -0.365 e. The Balaban J connectivity index is 1.55. The Hall–Kier alpha value is -3.54. The second kappa shape index (κ2) is 11.1. The Morgan fingerprint density at radius 1 is 1.08 bits per heavy atom. The summed E-state index contributed by atoms with van der Waals surface area (Å²) in [7, 11) is -3.82. The predicted molar refractivity (Wildman–Crippen MR) is 146 cm³/mol. The van der Waals surface area contributed by atoms with Crippen molar-refractivity contribution in [3.8, 4) is 0 Å². The number of fused-ring (bicyclic) bond motifs is 1. The first-order valence-electron chi connectivity index (χ1n) is 12.2. The van der Waals surface area contributed by atoms with Gasteiger partial charge in [-0.05, 0) is 55.7 Å². The van der Waals surface area contributed by atoms with E-state index < -0.39 is 21.8 Å². The summed E-state index contributed by atoms with van der Waals surface area (Å²) >= 11 is 1.22. The molecule has 0 bridgehead atoms. The summed E-state index contributed by atoms with van der Waals surface area (Å²) in [4.78, 5) is 39.6. The number of carbonyl (C=O) groups is 3. The standard InChI is InChI=1S/C27H30N4O5S2/c1-17(2)31(15-19-7-5-4-6-8-19)38(35,36)21-11-9-20(10-12-21)26(34)29-27-24(25(28)33)22-13-14-30(18(3)32)16-23(22)37-27/h4-12,17H,13-16H2,1-3H3,(H2,28,33)(H,29,34). The zero-order chi connectivity index (χ0) is 27.6. The Morgan fingerprint density at radius 2 is 1.74 bits per heavy atom. The number of hydrogen-bond acceptors (Lipinski definition) is 6. The molecule has 0 spiro atoms. The van der Waals surface area contributed by atoms with E-state index in [1.807, 2.05) is 44.2 Å². The molecule has 0 saturated heterocycles. The quantitative estimate of drug-likeness (QED) is 0.439. The van der Waals surface area contributed by atoms with Crippen molar-refractivity contribution < 1.29 is 22.8 Å². The molecular formula is C27H30N4O5S2. The van der Waals surface area contributed by atoms with Crippen LogP contribution in [0.5, 0.6) is 0 Å². The van der Waals surface area contributed by atoms with E-state index in [0.29, 0.717) is 24.5 Å². The third-order valence-corrected chi connectivity index (χ3v) is 9.62. The van der Waals surface area contributed by atoms with E-state index in [-0.39, 0.29) is 34.5 Å². The van der Waals surface area contributed by atoms with Crippen LogP contribution < -0.4 is 11.1 Å². The van der Waals surface area contributed by atoms with Crippen molar-refractivity contribution in [2.75, 3.05) is 11.9 Å². The van der Waals surface area contributed by atoms with Gasteiger partial charge in [-0.2, -0.15) is 4.31 Å². The second-order valence-corrected chi connectivity index (χ2v) is 12.4. The van der Waals surface area contributed by atoms with Crippen LogP contribution in [0, 0.1) is 0 Å². The van der Waals surface area contributed by atoms with Crippen LogP contribution in [0.25, 0.3) is 0 Å². The van der Waals surface area contributed by atoms with Crippen molar-refractivity contribution in [2.24, 2.45) is 5.73 Å². The molecule has 1 aromatic heterocycles. The minimum atomic E-state index is -3.82. The lowest BCUT2D eigenvalue weighted by Gasteiger charge is -2.26. The number of thiophene rings is 1. The highest BCUT2D eigenvalue weighted by atomic mass is 32.2. The molecular weight excluding hydrogens is 524 g/mol. The predicted octanol–water partition coefficient (Wildman–Crippen LogP) is 3.60. The number of carbonyl (C=O) groups excluding carboxylic acids is 3. The molecule has 0 atom stereocenters. The molecule has 0 radical (unpaired) electrons. The van der Waals surface area contributed by atoms with E-state index in [1.54, 1.807) is 4.90 Å². The number of sulfonamides is 1. The molecule has 9 nitrogen and oxygen atoms in total. The van der Waals surface area contributed by atoms with Gasteiger partial charge in [-0.1, -0.05) is 30.3 Å². The molecule has 2 aromatic carbocycles. The number of primary amides is 1. The van der Waals surface area contributed by atoms with E-state index in [1.165, 1.54) is 46.8 Å². The van der Waals surface area contributed by atoms with Crippen LogP contribution in [0.1, 0.15) is 57.5 Å². The summed E-state index contributed by atoms with van der Waals surface area (Å²) in [5.74, 6) is -1.21. The largest absolute Gasteiger partial charge is 0.365 e. The molecule has 0 aliphatic carbocycles. The normalized spacial score (nSPS) is 13.4. The van der Waals surface area contributed by atoms with Crippen molar-refractivity contribution in [1.82, 2.24) is 9.21 Å². The Kier molecular flexibility index (Phi) is 8.00. The van der Waals surface area contributed by atoms with Gasteiger partial charge in [0.25, 0.3) is 11.8 Å². The molecule has 4 rings (SSSR count). The summed E-state index contributed by atoms with van der Waals surface area (Å²) in [6.07, 6.45) is 0.474. The summed E-state index contributed by atoms with van der Waals surface area (Å²) < 4.78 is 28.2. The number of benzene rings is 2. The average Bonchev–Trinajstić information content (AvgIpc) is 3.24. The number of nitrogens with zero attached hydrogens (tertiary/aromatic N) is 2. The number of anilines is 1. The summed E-state index contributed by atoms with van der Waals surface area (Å²) in [5, 5.41) is 3.08. The smallest absolute Gasteiger partial charge is 0.256 e. The van der Waals surface area contributed by atoms with Crippen molar-refractivity contribution in [2.45, 2.75) is 51.2 Å². The molecule has 2 heterocycles. The number of rotatable bonds is 8. The van der Waals surface area contributed by atoms with Crippen molar-refractivity contribution >= 4 is 44.1 Å². The van der Waals surface area contributed by atoms with Gasteiger partial charge >= 0.3 is 0 Å². The fraction of sp³-hybridized carbons (Fsp3) is 0.296. The van der Waals surface area contributed by atoms with Crippen LogP contribution in [-0.2, 0) is 34.3 Å². The van der Waals surface area contributed by atoms with Gasteiger partial charge in [0.2, 0.25) is 15.9 Å². The van der Waals surface area contributed by atoms with E-state index in [4.69, 9.17) is 5.73 Å². The SMILES string of the molecule is CC(=O)N1CCc2c(sc(NC(=O)c3ccc(S(=O)(=O)N(Cc4ccccc4)C(C)C)cc3)c2C(N)=O)C1. The lowest BCUT2D eigenvalue weighted by Crippen LogP contribution is -2.36. The Labute approximate surface area is 226 Å². The molecule has 0 unspecified atom stereocenters. The number of amides is 3. The lowest BCUT2D eigenvalue weighted by molar-refractivity contribution is -0.129. The van der Waals surface area contributed by atoms with Gasteiger partial charge in [0, 0.05) is 36.5 Å². The molecule has 38 heavy (non-hydrogen) atoms. The molecule has 0 saturated carbocycles. The molecule has 1 aliphatic rings. The van der Waals surface area contributed by atoms with Gasteiger partial charge in [-0.25, -0.2) is 8.42 Å². The molecule has 200 valence electrons. The first-order valence-corrected chi connectivity index (χ1v) is 14.4. The average molecular weight is 555 g/mol. The van der Waals surface area contributed by atoms with E-state index in [0.717, 1.165) is 16.0 Å². The van der Waals surface area contributed by atoms with Gasteiger partial charge in [-0.3, -0.25) is 14.4 Å². The monoisotopic (exact) mass is 554 g/mol. The molecule has 3 amide bonds. The maximum absolute atomic E-state index is 13.4. The minimum absolute atomic E-state index is 0.0647. The van der Waals surface area contributed by atoms with E-state index >= 15 is 0 Å². The fourth-order valence-electron chi connectivity index (χ4n) is 4.42. The third-order valence-electron chi connectivity index (χ3n) is 6.46. The van der Waals surface area contributed by atoms with Gasteiger partial charge in [-0.15, -0.1) is 11.3 Å². The lowest BCUT2D eigenvalue weighted by atomic mass is 10.0. The molecule has 11 heteroatoms. The van der Waals surface area contributed by atoms with Crippen LogP contribution in [0.3, 0.4) is 0 Å². The number of nitrogens with two attached hydrogens (primary N) is 1. The highest BCUT2D eigenvalue weighted by molar-refractivity contribution is 7.89. The second-order valence-electron chi connectivity index (χ2n) is 9.37. The van der Waals surface area contributed by atoms with E-state index in [9.17, 15) is 22.8 Å². The van der Waals surface area contributed by atoms with Crippen molar-refractivity contribution in [3.63, 3.8) is 0 Å². The van der Waals surface area contributed by atoms with Crippen LogP contribution in [0.4, 0.5) is 5.00 Å². The fourth-order valence-corrected chi connectivity index (χ4v) is 7.31. The maximum atomic E-state index is 13.4. The summed E-state index contributed by atoms with van der Waals surface area (Å²) in [5.41, 5.74) is 7.75. The zero-order valence-corrected chi connectivity index (χ0v) is 23.1. The van der Waals surface area contributed by atoms with Crippen LogP contribution in [0.15, 0.2) is 59.5 Å². The zero-order valence-electron chi connectivity index (χ0n) is 21.4. The summed E-state index contributed by atoms with van der Waals surface area (Å²) in [6.45, 7) is 6.17. The van der Waals surface area contributed by atoms with Gasteiger partial charge in [0.15, 0.2) is 0 Å². The van der Waals surface area contributed by atoms with E-state index in [2.05, 4.69) is 5.32 Å². The first-order chi connectivity index (χ1) is 18.0. The topological polar surface area (TPSA) is 130 Å². The van der Waals surface area contributed by atoms with Crippen molar-refractivity contribution in [3.05, 3.63) is 81.7 Å². The third kappa shape index (κ3) is 5.64. The van der Waals surface area contributed by atoms with Crippen LogP contribution in [-0.4, -0.2) is 47.9 Å². The molecule has 3 N–H and O–H groups in total. The van der Waals surface area contributed by atoms with Gasteiger partial charge in [0.05, 0.1) is 17.0 Å². The Morgan fingerprint density at radius 3 is 2.32 bits per heavy atom. The molecule has 3 aromatic rings. The van der Waals surface area contributed by atoms with Crippen LogP contribution >= 0.6 is 11.3 Å². The molecule has 1 aliphatic heterocycles. The highest BCUT2D eigenvalue weighted by Gasteiger charge is 2.30.